The normalized spacial score (nSPS) is 12.4. The van der Waals surface area contributed by atoms with Crippen molar-refractivity contribution in [1.82, 2.24) is 0 Å². The van der Waals surface area contributed by atoms with Gasteiger partial charge >= 0.3 is 17.9 Å². The van der Waals surface area contributed by atoms with Crippen LogP contribution in [-0.4, -0.2) is 37.2 Å². The van der Waals surface area contributed by atoms with Crippen molar-refractivity contribution in [2.45, 2.75) is 284 Å². The van der Waals surface area contributed by atoms with E-state index in [4.69, 9.17) is 14.2 Å². The minimum Gasteiger partial charge on any atom is -0.462 e. The predicted octanol–water partition coefficient (Wildman–Crippen LogP) is 17.9. The zero-order valence-electron chi connectivity index (χ0n) is 41.8. The smallest absolute Gasteiger partial charge is 0.306 e. The third-order valence-corrected chi connectivity index (χ3v) is 11.9. The number of unbranched alkanes of at least 4 members (excludes halogenated alkanes) is 33. The molecule has 0 aliphatic carbocycles. The Morgan fingerprint density at radius 3 is 0.921 bits per heavy atom. The predicted molar refractivity (Wildman–Crippen MR) is 270 cm³/mol. The molecule has 0 saturated carbocycles. The number of hydrogen-bond acceptors (Lipinski definition) is 6. The van der Waals surface area contributed by atoms with Gasteiger partial charge < -0.3 is 14.2 Å². The molecular formula is C57H102O6. The highest BCUT2D eigenvalue weighted by molar-refractivity contribution is 5.71. The van der Waals surface area contributed by atoms with Crippen LogP contribution in [0.25, 0.3) is 0 Å². The van der Waals surface area contributed by atoms with E-state index in [1.54, 1.807) is 0 Å². The molecular weight excluding hydrogens is 781 g/mol. The van der Waals surface area contributed by atoms with Crippen molar-refractivity contribution >= 4 is 17.9 Å². The molecule has 0 heterocycles. The van der Waals surface area contributed by atoms with Crippen molar-refractivity contribution in [3.63, 3.8) is 0 Å². The molecule has 0 aromatic heterocycles. The van der Waals surface area contributed by atoms with Gasteiger partial charge in [0, 0.05) is 19.3 Å². The molecule has 0 saturated heterocycles. The summed E-state index contributed by atoms with van der Waals surface area (Å²) in [5.74, 6) is -0.888. The van der Waals surface area contributed by atoms with E-state index < -0.39 is 6.10 Å². The Kier molecular flexibility index (Phi) is 49.8. The Bertz CT molecular complexity index is 1110. The van der Waals surface area contributed by atoms with E-state index in [9.17, 15) is 14.4 Å². The van der Waals surface area contributed by atoms with Crippen molar-refractivity contribution in [3.05, 3.63) is 48.6 Å². The lowest BCUT2D eigenvalue weighted by Gasteiger charge is -2.18. The van der Waals surface area contributed by atoms with Gasteiger partial charge in [-0.1, -0.05) is 262 Å². The second-order valence-electron chi connectivity index (χ2n) is 18.2. The van der Waals surface area contributed by atoms with Crippen LogP contribution < -0.4 is 0 Å². The topological polar surface area (TPSA) is 78.9 Å². The summed E-state index contributed by atoms with van der Waals surface area (Å²) >= 11 is 0. The van der Waals surface area contributed by atoms with E-state index in [0.29, 0.717) is 19.3 Å². The average Bonchev–Trinajstić information content (AvgIpc) is 3.28. The lowest BCUT2D eigenvalue weighted by atomic mass is 10.0. The first-order valence-corrected chi connectivity index (χ1v) is 27.2. The molecule has 0 rings (SSSR count). The first-order valence-electron chi connectivity index (χ1n) is 27.2. The molecule has 366 valence electrons. The van der Waals surface area contributed by atoms with Gasteiger partial charge in [0.05, 0.1) is 0 Å². The standard InChI is InChI=1S/C57H102O6/c1-4-7-10-13-16-19-22-25-27-28-29-31-32-35-38-41-44-47-50-56(59)62-53-54(52-61-55(58)49-46-43-40-37-34-24-21-18-15-12-9-6-3)63-57(60)51-48-45-42-39-36-33-30-26-23-20-17-14-11-8-5-2/h16,19,22,25,27-29,31,54H,4-15,17-18,20-21,23-24,26,30,32-53H2,1-3H3/b19-16-,25-22-,28-27-,31-29-. The minimum absolute atomic E-state index is 0.0769. The number of carbonyl (C=O) groups excluding carboxylic acids is 3. The maximum absolute atomic E-state index is 12.8. The summed E-state index contributed by atoms with van der Waals surface area (Å²) in [7, 11) is 0. The van der Waals surface area contributed by atoms with E-state index in [1.165, 1.54) is 154 Å². The summed E-state index contributed by atoms with van der Waals surface area (Å²) in [6, 6.07) is 0. The highest BCUT2D eigenvalue weighted by Gasteiger charge is 2.19. The van der Waals surface area contributed by atoms with Crippen molar-refractivity contribution in [1.29, 1.82) is 0 Å². The summed E-state index contributed by atoms with van der Waals surface area (Å²) < 4.78 is 16.8. The molecule has 0 bridgehead atoms. The lowest BCUT2D eigenvalue weighted by molar-refractivity contribution is -0.167. The lowest BCUT2D eigenvalue weighted by Crippen LogP contribution is -2.30. The SMILES string of the molecule is CCCCC\C=C/C=C\C=C/C=C\CCCCCCCC(=O)OCC(COC(=O)CCCCCCCCCCCCCC)OC(=O)CCCCCCCCCCCCCCCCC. The van der Waals surface area contributed by atoms with E-state index in [0.717, 1.165) is 83.5 Å². The molecule has 0 N–H and O–H groups in total. The molecule has 6 nitrogen and oxygen atoms in total. The van der Waals surface area contributed by atoms with Crippen LogP contribution in [0, 0.1) is 0 Å². The van der Waals surface area contributed by atoms with Gasteiger partial charge in [-0.3, -0.25) is 14.4 Å². The Morgan fingerprint density at radius 2 is 0.571 bits per heavy atom. The summed E-state index contributed by atoms with van der Waals surface area (Å²) in [5, 5.41) is 0. The second kappa shape index (κ2) is 52.0. The van der Waals surface area contributed by atoms with Gasteiger partial charge in [-0.05, 0) is 44.9 Å². The largest absolute Gasteiger partial charge is 0.462 e. The van der Waals surface area contributed by atoms with Gasteiger partial charge in [0.1, 0.15) is 13.2 Å². The molecule has 0 aromatic rings. The van der Waals surface area contributed by atoms with Crippen molar-refractivity contribution in [2.24, 2.45) is 0 Å². The Hall–Kier alpha value is -2.63. The zero-order chi connectivity index (χ0) is 45.8. The molecule has 0 aliphatic rings. The van der Waals surface area contributed by atoms with Crippen molar-refractivity contribution in [2.75, 3.05) is 13.2 Å². The average molecular weight is 883 g/mol. The van der Waals surface area contributed by atoms with Crippen LogP contribution in [0.15, 0.2) is 48.6 Å². The molecule has 0 fully saturated rings. The maximum atomic E-state index is 12.8. The fourth-order valence-corrected chi connectivity index (χ4v) is 7.81. The molecule has 0 aliphatic heterocycles. The second-order valence-corrected chi connectivity index (χ2v) is 18.2. The third-order valence-electron chi connectivity index (χ3n) is 11.9. The van der Waals surface area contributed by atoms with Crippen LogP contribution in [0.4, 0.5) is 0 Å². The summed E-state index contributed by atoms with van der Waals surface area (Å²) in [4.78, 5) is 38.0. The number of rotatable bonds is 49. The highest BCUT2D eigenvalue weighted by Crippen LogP contribution is 2.16. The number of hydrogen-bond donors (Lipinski definition) is 0. The molecule has 6 heteroatoms. The van der Waals surface area contributed by atoms with E-state index in [-0.39, 0.29) is 31.1 Å². The molecule has 1 unspecified atom stereocenters. The summed E-state index contributed by atoms with van der Waals surface area (Å²) in [5.41, 5.74) is 0. The van der Waals surface area contributed by atoms with Gasteiger partial charge in [-0.2, -0.15) is 0 Å². The highest BCUT2D eigenvalue weighted by atomic mass is 16.6. The van der Waals surface area contributed by atoms with Crippen LogP contribution in [0.3, 0.4) is 0 Å². The Balaban J connectivity index is 4.39. The van der Waals surface area contributed by atoms with Crippen LogP contribution in [0.2, 0.25) is 0 Å². The van der Waals surface area contributed by atoms with Crippen LogP contribution in [0.5, 0.6) is 0 Å². The van der Waals surface area contributed by atoms with E-state index in [1.807, 2.05) is 0 Å². The monoisotopic (exact) mass is 883 g/mol. The number of ether oxygens (including phenoxy) is 3. The first-order chi connectivity index (χ1) is 31.0. The summed E-state index contributed by atoms with van der Waals surface area (Å²) in [6.07, 6.45) is 62.3. The molecule has 0 amide bonds. The summed E-state index contributed by atoms with van der Waals surface area (Å²) in [6.45, 7) is 6.60. The Morgan fingerprint density at radius 1 is 0.317 bits per heavy atom. The van der Waals surface area contributed by atoms with E-state index >= 15 is 0 Å². The van der Waals surface area contributed by atoms with Gasteiger partial charge in [0.2, 0.25) is 0 Å². The van der Waals surface area contributed by atoms with Crippen LogP contribution in [-0.2, 0) is 28.6 Å². The van der Waals surface area contributed by atoms with Crippen LogP contribution >= 0.6 is 0 Å². The quantitative estimate of drug-likeness (QED) is 0.0262. The van der Waals surface area contributed by atoms with E-state index in [2.05, 4.69) is 69.4 Å². The maximum Gasteiger partial charge on any atom is 0.306 e. The van der Waals surface area contributed by atoms with Crippen molar-refractivity contribution in [3.8, 4) is 0 Å². The molecule has 0 aromatic carbocycles. The van der Waals surface area contributed by atoms with Gasteiger partial charge in [0.25, 0.3) is 0 Å². The molecule has 0 radical (unpaired) electrons. The number of allylic oxidation sites excluding steroid dienone is 8. The van der Waals surface area contributed by atoms with Gasteiger partial charge in [-0.25, -0.2) is 0 Å². The van der Waals surface area contributed by atoms with Crippen LogP contribution in [0.1, 0.15) is 278 Å². The molecule has 1 atom stereocenters. The van der Waals surface area contributed by atoms with Crippen molar-refractivity contribution < 1.29 is 28.6 Å². The third kappa shape index (κ3) is 50.2. The number of carbonyl (C=O) groups is 3. The molecule has 63 heavy (non-hydrogen) atoms. The zero-order valence-corrected chi connectivity index (χ0v) is 41.8. The minimum atomic E-state index is -0.778. The van der Waals surface area contributed by atoms with Gasteiger partial charge in [-0.15, -0.1) is 0 Å². The molecule has 0 spiro atoms. The number of esters is 3. The Labute approximate surface area is 390 Å². The first kappa shape index (κ1) is 60.4. The van der Waals surface area contributed by atoms with Gasteiger partial charge in [0.15, 0.2) is 6.10 Å². The fourth-order valence-electron chi connectivity index (χ4n) is 7.81. The fraction of sp³-hybridized carbons (Fsp3) is 0.807.